The van der Waals surface area contributed by atoms with E-state index >= 15 is 0 Å². The molecule has 1 aliphatic rings. The highest BCUT2D eigenvalue weighted by molar-refractivity contribution is 7.89. The molecule has 0 aliphatic carbocycles. The first-order chi connectivity index (χ1) is 14.0. The van der Waals surface area contributed by atoms with E-state index in [-0.39, 0.29) is 0 Å². The molecule has 2 heterocycles. The number of aryl methyl sites for hydroxylation is 1. The number of piperazine rings is 1. The molecule has 4 rings (SSSR count). The molecule has 1 saturated heterocycles. The molecule has 1 aliphatic heterocycles. The van der Waals surface area contributed by atoms with Crippen molar-refractivity contribution in [1.82, 2.24) is 19.4 Å². The van der Waals surface area contributed by atoms with Crippen LogP contribution in [0.4, 0.5) is 0 Å². The Labute approximate surface area is 171 Å². The Morgan fingerprint density at radius 3 is 2.34 bits per heavy atom. The predicted octanol–water partition coefficient (Wildman–Crippen LogP) is 2.59. The largest absolute Gasteiger partial charge is 0.421 e. The number of benzene rings is 2. The highest BCUT2D eigenvalue weighted by Crippen LogP contribution is 2.21. The maximum atomic E-state index is 12.9. The predicted molar refractivity (Wildman–Crippen MR) is 110 cm³/mol. The summed E-state index contributed by atoms with van der Waals surface area (Å²) in [5, 5.41) is 8.24. The fraction of sp³-hybridized carbons (Fsp3) is 0.333. The number of hydrogen-bond acceptors (Lipinski definition) is 6. The van der Waals surface area contributed by atoms with Gasteiger partial charge in [-0.05, 0) is 30.7 Å². The Bertz CT molecular complexity index is 1060. The zero-order chi connectivity index (χ0) is 20.3. The van der Waals surface area contributed by atoms with E-state index in [1.165, 1.54) is 0 Å². The van der Waals surface area contributed by atoms with Crippen LogP contribution < -0.4 is 0 Å². The third kappa shape index (κ3) is 4.39. The van der Waals surface area contributed by atoms with Crippen molar-refractivity contribution in [3.63, 3.8) is 0 Å². The lowest BCUT2D eigenvalue weighted by Gasteiger charge is -2.34. The second-order valence-corrected chi connectivity index (χ2v) is 9.03. The molecule has 0 spiro atoms. The highest BCUT2D eigenvalue weighted by atomic mass is 32.2. The van der Waals surface area contributed by atoms with Gasteiger partial charge in [0.1, 0.15) is 0 Å². The molecule has 29 heavy (non-hydrogen) atoms. The van der Waals surface area contributed by atoms with Crippen LogP contribution in [0.15, 0.2) is 63.9 Å². The van der Waals surface area contributed by atoms with Crippen molar-refractivity contribution in [2.75, 3.05) is 32.7 Å². The van der Waals surface area contributed by atoms with Gasteiger partial charge in [-0.25, -0.2) is 8.42 Å². The summed E-state index contributed by atoms with van der Waals surface area (Å²) in [7, 11) is -3.44. The summed E-state index contributed by atoms with van der Waals surface area (Å²) in [6.07, 6.45) is 0.643. The fourth-order valence-corrected chi connectivity index (χ4v) is 5.13. The van der Waals surface area contributed by atoms with Gasteiger partial charge in [0.2, 0.25) is 21.8 Å². The Hall–Kier alpha value is -2.55. The van der Waals surface area contributed by atoms with Crippen LogP contribution in [0.3, 0.4) is 0 Å². The molecule has 2 aromatic carbocycles. The SMILES string of the molecule is Cc1ccccc1S(=O)(=O)N1CCN(CCc2nnc(-c3ccccc3)o2)CC1. The number of hydrogen-bond donors (Lipinski definition) is 0. The lowest BCUT2D eigenvalue weighted by atomic mass is 10.2. The first-order valence-electron chi connectivity index (χ1n) is 9.70. The van der Waals surface area contributed by atoms with Gasteiger partial charge in [0.25, 0.3) is 0 Å². The normalized spacial score (nSPS) is 16.2. The maximum absolute atomic E-state index is 12.9. The van der Waals surface area contributed by atoms with Crippen molar-refractivity contribution < 1.29 is 12.8 Å². The smallest absolute Gasteiger partial charge is 0.247 e. The summed E-state index contributed by atoms with van der Waals surface area (Å²) >= 11 is 0. The van der Waals surface area contributed by atoms with E-state index in [4.69, 9.17) is 4.42 Å². The number of nitrogens with zero attached hydrogens (tertiary/aromatic N) is 4. The van der Waals surface area contributed by atoms with E-state index in [1.54, 1.807) is 16.4 Å². The average molecular weight is 413 g/mol. The van der Waals surface area contributed by atoms with Crippen LogP contribution in [-0.2, 0) is 16.4 Å². The molecule has 3 aromatic rings. The van der Waals surface area contributed by atoms with Gasteiger partial charge in [0, 0.05) is 44.7 Å². The molecule has 0 saturated carbocycles. The van der Waals surface area contributed by atoms with Crippen molar-refractivity contribution in [2.24, 2.45) is 0 Å². The minimum Gasteiger partial charge on any atom is -0.421 e. The van der Waals surface area contributed by atoms with Gasteiger partial charge >= 0.3 is 0 Å². The summed E-state index contributed by atoms with van der Waals surface area (Å²) in [5.41, 5.74) is 1.68. The van der Waals surface area contributed by atoms with Crippen molar-refractivity contribution >= 4 is 10.0 Å². The molecule has 0 amide bonds. The first kappa shape index (κ1) is 19.8. The quantitative estimate of drug-likeness (QED) is 0.619. The molecule has 0 radical (unpaired) electrons. The van der Waals surface area contributed by atoms with E-state index in [0.29, 0.717) is 49.3 Å². The summed E-state index contributed by atoms with van der Waals surface area (Å²) < 4.78 is 33.1. The summed E-state index contributed by atoms with van der Waals surface area (Å²) in [6, 6.07) is 16.8. The summed E-state index contributed by atoms with van der Waals surface area (Å²) in [4.78, 5) is 2.63. The molecule has 0 unspecified atom stereocenters. The minimum atomic E-state index is -3.44. The monoisotopic (exact) mass is 412 g/mol. The van der Waals surface area contributed by atoms with Gasteiger partial charge in [-0.1, -0.05) is 36.4 Å². The van der Waals surface area contributed by atoms with Crippen LogP contribution in [0, 0.1) is 6.92 Å². The topological polar surface area (TPSA) is 79.5 Å². The molecule has 0 bridgehead atoms. The van der Waals surface area contributed by atoms with Gasteiger partial charge in [0.05, 0.1) is 4.90 Å². The molecule has 1 aromatic heterocycles. The van der Waals surface area contributed by atoms with Crippen LogP contribution in [0.5, 0.6) is 0 Å². The Kier molecular flexibility index (Phi) is 5.75. The third-order valence-electron chi connectivity index (χ3n) is 5.17. The van der Waals surface area contributed by atoms with Crippen molar-refractivity contribution in [3.8, 4) is 11.5 Å². The van der Waals surface area contributed by atoms with Crippen LogP contribution in [-0.4, -0.2) is 60.5 Å². The average Bonchev–Trinajstić information content (AvgIpc) is 3.22. The highest BCUT2D eigenvalue weighted by Gasteiger charge is 2.29. The lowest BCUT2D eigenvalue weighted by Crippen LogP contribution is -2.49. The molecule has 0 N–H and O–H groups in total. The lowest BCUT2D eigenvalue weighted by molar-refractivity contribution is 0.187. The summed E-state index contributed by atoms with van der Waals surface area (Å²) in [5.74, 6) is 1.12. The molecular formula is C21H24N4O3S. The van der Waals surface area contributed by atoms with Crippen LogP contribution >= 0.6 is 0 Å². The van der Waals surface area contributed by atoms with E-state index in [0.717, 1.165) is 17.7 Å². The van der Waals surface area contributed by atoms with Gasteiger partial charge in [0.15, 0.2) is 0 Å². The molecule has 7 nitrogen and oxygen atoms in total. The van der Waals surface area contributed by atoms with Gasteiger partial charge in [-0.2, -0.15) is 4.31 Å². The second-order valence-electron chi connectivity index (χ2n) is 7.13. The van der Waals surface area contributed by atoms with Crippen LogP contribution in [0.25, 0.3) is 11.5 Å². The van der Waals surface area contributed by atoms with E-state index in [9.17, 15) is 8.42 Å². The zero-order valence-electron chi connectivity index (χ0n) is 16.4. The molecular weight excluding hydrogens is 388 g/mol. The number of aromatic nitrogens is 2. The minimum absolute atomic E-state index is 0.396. The third-order valence-corrected chi connectivity index (χ3v) is 7.23. The molecule has 1 fully saturated rings. The van der Waals surface area contributed by atoms with Gasteiger partial charge in [-0.3, -0.25) is 0 Å². The van der Waals surface area contributed by atoms with Crippen molar-refractivity contribution in [1.29, 1.82) is 0 Å². The standard InChI is InChI=1S/C21H24N4O3S/c1-17-7-5-6-10-19(17)29(26,27)25-15-13-24(14-16-25)12-11-20-22-23-21(28-20)18-8-3-2-4-9-18/h2-10H,11-16H2,1H3. The molecule has 152 valence electrons. The number of rotatable bonds is 6. The number of sulfonamides is 1. The Morgan fingerprint density at radius 2 is 1.62 bits per heavy atom. The van der Waals surface area contributed by atoms with Gasteiger partial charge < -0.3 is 9.32 Å². The van der Waals surface area contributed by atoms with Crippen molar-refractivity contribution in [3.05, 3.63) is 66.1 Å². The van der Waals surface area contributed by atoms with Crippen LogP contribution in [0.1, 0.15) is 11.5 Å². The second kappa shape index (κ2) is 8.44. The van der Waals surface area contributed by atoms with Gasteiger partial charge in [-0.15, -0.1) is 10.2 Å². The Balaban J connectivity index is 1.32. The van der Waals surface area contributed by atoms with E-state index < -0.39 is 10.0 Å². The Morgan fingerprint density at radius 1 is 0.931 bits per heavy atom. The van der Waals surface area contributed by atoms with Crippen LogP contribution in [0.2, 0.25) is 0 Å². The molecule has 0 atom stereocenters. The van der Waals surface area contributed by atoms with E-state index in [1.807, 2.05) is 49.4 Å². The maximum Gasteiger partial charge on any atom is 0.247 e. The van der Waals surface area contributed by atoms with E-state index in [2.05, 4.69) is 15.1 Å². The zero-order valence-corrected chi connectivity index (χ0v) is 17.2. The first-order valence-corrected chi connectivity index (χ1v) is 11.1. The molecule has 8 heteroatoms. The fourth-order valence-electron chi connectivity index (χ4n) is 3.48. The summed E-state index contributed by atoms with van der Waals surface area (Å²) in [6.45, 7) is 4.92. The van der Waals surface area contributed by atoms with Crippen molar-refractivity contribution in [2.45, 2.75) is 18.2 Å².